The van der Waals surface area contributed by atoms with Gasteiger partial charge in [0.2, 0.25) is 15.9 Å². The van der Waals surface area contributed by atoms with E-state index in [2.05, 4.69) is 20.2 Å². The van der Waals surface area contributed by atoms with Crippen molar-refractivity contribution in [2.75, 3.05) is 13.1 Å². The topological polar surface area (TPSA) is 97.1 Å². The van der Waals surface area contributed by atoms with Gasteiger partial charge in [0, 0.05) is 13.5 Å². The Bertz CT molecular complexity index is 457. The Morgan fingerprint density at radius 2 is 2.17 bits per heavy atom. The predicted molar refractivity (Wildman–Crippen MR) is 67.4 cm³/mol. The average Bonchev–Trinajstić information content (AvgIpc) is 2.73. The third-order valence-electron chi connectivity index (χ3n) is 2.39. The number of aromatic nitrogens is 2. The van der Waals surface area contributed by atoms with Crippen molar-refractivity contribution in [2.24, 2.45) is 0 Å². The second kappa shape index (κ2) is 6.81. The fourth-order valence-corrected chi connectivity index (χ4v) is 2.26. The number of nitrogens with zero attached hydrogens (tertiary/aromatic N) is 2. The van der Waals surface area contributed by atoms with Crippen LogP contribution in [0.3, 0.4) is 0 Å². The first-order valence-corrected chi connectivity index (χ1v) is 7.48. The van der Waals surface area contributed by atoms with Gasteiger partial charge < -0.3 is 9.84 Å². The summed E-state index contributed by atoms with van der Waals surface area (Å²) >= 11 is 0. The fraction of sp³-hybridized carbons (Fsp3) is 0.800. The summed E-state index contributed by atoms with van der Waals surface area (Å²) < 4.78 is 31.0. The van der Waals surface area contributed by atoms with Gasteiger partial charge in [-0.3, -0.25) is 0 Å². The summed E-state index contributed by atoms with van der Waals surface area (Å²) in [6.07, 6.45) is 0.975. The molecule has 0 radical (unpaired) electrons. The Kier molecular flexibility index (Phi) is 5.70. The highest BCUT2D eigenvalue weighted by molar-refractivity contribution is 7.90. The lowest BCUT2D eigenvalue weighted by atomic mass is 10.4. The molecule has 1 atom stereocenters. The molecule has 1 aromatic rings. The SMILES string of the molecule is CCCNCC(C)S(=O)(=O)NCc1noc(C)n1. The van der Waals surface area contributed by atoms with Crippen LogP contribution in [0.15, 0.2) is 4.52 Å². The monoisotopic (exact) mass is 276 g/mol. The van der Waals surface area contributed by atoms with E-state index in [1.807, 2.05) is 6.92 Å². The highest BCUT2D eigenvalue weighted by Crippen LogP contribution is 2.00. The molecule has 0 aromatic carbocycles. The lowest BCUT2D eigenvalue weighted by Crippen LogP contribution is -2.39. The normalized spacial score (nSPS) is 13.7. The largest absolute Gasteiger partial charge is 0.340 e. The van der Waals surface area contributed by atoms with Gasteiger partial charge in [0.25, 0.3) is 0 Å². The van der Waals surface area contributed by atoms with E-state index in [1.54, 1.807) is 13.8 Å². The molecule has 104 valence electrons. The molecule has 0 aliphatic rings. The molecule has 0 aliphatic heterocycles. The first kappa shape index (κ1) is 15.1. The lowest BCUT2D eigenvalue weighted by Gasteiger charge is -2.13. The molecule has 0 spiro atoms. The Balaban J connectivity index is 2.43. The molecule has 8 heteroatoms. The Hall–Kier alpha value is -0.990. The minimum Gasteiger partial charge on any atom is -0.340 e. The van der Waals surface area contributed by atoms with E-state index in [0.717, 1.165) is 13.0 Å². The van der Waals surface area contributed by atoms with Gasteiger partial charge in [-0.05, 0) is 19.9 Å². The summed E-state index contributed by atoms with van der Waals surface area (Å²) in [5, 5.41) is 6.20. The third-order valence-corrected chi connectivity index (χ3v) is 4.16. The van der Waals surface area contributed by atoms with Gasteiger partial charge in [-0.2, -0.15) is 4.98 Å². The van der Waals surface area contributed by atoms with E-state index in [-0.39, 0.29) is 6.54 Å². The second-order valence-electron chi connectivity index (χ2n) is 4.11. The van der Waals surface area contributed by atoms with Gasteiger partial charge in [0.05, 0.1) is 11.8 Å². The van der Waals surface area contributed by atoms with E-state index in [4.69, 9.17) is 4.52 Å². The van der Waals surface area contributed by atoms with Gasteiger partial charge in [0.1, 0.15) is 0 Å². The molecular formula is C10H20N4O3S. The maximum Gasteiger partial charge on any atom is 0.223 e. The number of aryl methyl sites for hydroxylation is 1. The maximum absolute atomic E-state index is 11.9. The Morgan fingerprint density at radius 1 is 1.44 bits per heavy atom. The molecule has 0 fully saturated rings. The van der Waals surface area contributed by atoms with Gasteiger partial charge in [-0.15, -0.1) is 0 Å². The minimum atomic E-state index is -3.36. The fourth-order valence-electron chi connectivity index (χ4n) is 1.31. The molecule has 0 bridgehead atoms. The van der Waals surface area contributed by atoms with Crippen molar-refractivity contribution in [1.29, 1.82) is 0 Å². The van der Waals surface area contributed by atoms with Crippen LogP contribution in [0.1, 0.15) is 32.0 Å². The van der Waals surface area contributed by atoms with Crippen molar-refractivity contribution >= 4 is 10.0 Å². The molecule has 7 nitrogen and oxygen atoms in total. The van der Waals surface area contributed by atoms with Gasteiger partial charge in [-0.25, -0.2) is 13.1 Å². The molecule has 0 amide bonds. The van der Waals surface area contributed by atoms with Crippen molar-refractivity contribution < 1.29 is 12.9 Å². The summed E-state index contributed by atoms with van der Waals surface area (Å²) in [7, 11) is -3.36. The molecule has 1 unspecified atom stereocenters. The summed E-state index contributed by atoms with van der Waals surface area (Å²) in [6, 6.07) is 0. The van der Waals surface area contributed by atoms with Crippen LogP contribution in [0, 0.1) is 6.92 Å². The van der Waals surface area contributed by atoms with Crippen LogP contribution in [-0.2, 0) is 16.6 Å². The van der Waals surface area contributed by atoms with E-state index >= 15 is 0 Å². The maximum atomic E-state index is 11.9. The zero-order valence-corrected chi connectivity index (χ0v) is 11.7. The van der Waals surface area contributed by atoms with Crippen molar-refractivity contribution in [3.63, 3.8) is 0 Å². The molecule has 2 N–H and O–H groups in total. The summed E-state index contributed by atoms with van der Waals surface area (Å²) in [6.45, 7) is 6.63. The minimum absolute atomic E-state index is 0.0534. The Morgan fingerprint density at radius 3 is 2.72 bits per heavy atom. The molecule has 0 saturated carbocycles. The first-order valence-electron chi connectivity index (χ1n) is 5.94. The Labute approximate surface area is 107 Å². The third kappa shape index (κ3) is 4.71. The van der Waals surface area contributed by atoms with Crippen LogP contribution >= 0.6 is 0 Å². The first-order chi connectivity index (χ1) is 8.45. The number of hydrogen-bond donors (Lipinski definition) is 2. The van der Waals surface area contributed by atoms with Crippen LogP contribution in [0.25, 0.3) is 0 Å². The van der Waals surface area contributed by atoms with E-state index in [9.17, 15) is 8.42 Å². The molecule has 1 heterocycles. The standard InChI is InChI=1S/C10H20N4O3S/c1-4-5-11-6-8(2)18(15,16)12-7-10-13-9(3)17-14-10/h8,11-12H,4-7H2,1-3H3. The van der Waals surface area contributed by atoms with E-state index in [0.29, 0.717) is 18.3 Å². The smallest absolute Gasteiger partial charge is 0.223 e. The molecular weight excluding hydrogens is 256 g/mol. The van der Waals surface area contributed by atoms with Crippen molar-refractivity contribution in [3.8, 4) is 0 Å². The van der Waals surface area contributed by atoms with Crippen LogP contribution in [0.2, 0.25) is 0 Å². The summed E-state index contributed by atoms with van der Waals surface area (Å²) in [5.74, 6) is 0.756. The van der Waals surface area contributed by atoms with Crippen molar-refractivity contribution in [1.82, 2.24) is 20.2 Å². The van der Waals surface area contributed by atoms with Crippen molar-refractivity contribution in [3.05, 3.63) is 11.7 Å². The average molecular weight is 276 g/mol. The molecule has 18 heavy (non-hydrogen) atoms. The predicted octanol–water partition coefficient (Wildman–Crippen LogP) is 0.186. The number of nitrogens with one attached hydrogen (secondary N) is 2. The zero-order chi connectivity index (χ0) is 13.6. The van der Waals surface area contributed by atoms with Gasteiger partial charge in [-0.1, -0.05) is 12.1 Å². The molecule has 1 rings (SSSR count). The van der Waals surface area contributed by atoms with Gasteiger partial charge in [0.15, 0.2) is 5.82 Å². The quantitative estimate of drug-likeness (QED) is 0.658. The van der Waals surface area contributed by atoms with Gasteiger partial charge >= 0.3 is 0 Å². The van der Waals surface area contributed by atoms with Crippen LogP contribution in [0.4, 0.5) is 0 Å². The van der Waals surface area contributed by atoms with Crippen LogP contribution in [0.5, 0.6) is 0 Å². The molecule has 0 saturated heterocycles. The van der Waals surface area contributed by atoms with E-state index < -0.39 is 15.3 Å². The molecule has 1 aromatic heterocycles. The van der Waals surface area contributed by atoms with E-state index in [1.165, 1.54) is 0 Å². The number of rotatable bonds is 8. The highest BCUT2D eigenvalue weighted by atomic mass is 32.2. The van der Waals surface area contributed by atoms with Crippen LogP contribution in [-0.4, -0.2) is 36.9 Å². The zero-order valence-electron chi connectivity index (χ0n) is 10.9. The van der Waals surface area contributed by atoms with Crippen LogP contribution < -0.4 is 10.0 Å². The summed E-state index contributed by atoms with van der Waals surface area (Å²) in [5.41, 5.74) is 0. The second-order valence-corrected chi connectivity index (χ2v) is 6.29. The lowest BCUT2D eigenvalue weighted by molar-refractivity contribution is 0.387. The molecule has 0 aliphatic carbocycles. The highest BCUT2D eigenvalue weighted by Gasteiger charge is 2.20. The summed E-state index contributed by atoms with van der Waals surface area (Å²) in [4.78, 5) is 3.93. The number of sulfonamides is 1. The number of hydrogen-bond acceptors (Lipinski definition) is 6. The van der Waals surface area contributed by atoms with Crippen molar-refractivity contribution in [2.45, 2.75) is 39.0 Å².